The molecule has 36 heavy (non-hydrogen) atoms. The van der Waals surface area contributed by atoms with Crippen molar-refractivity contribution in [1.82, 2.24) is 0 Å². The number of carbonyl (C=O) groups is 2. The number of carbonyl (C=O) groups excluding carboxylic acids is 2. The van der Waals surface area contributed by atoms with Crippen molar-refractivity contribution < 1.29 is 29.3 Å². The minimum atomic E-state index is -0.472. The average molecular weight is 485 g/mol. The lowest BCUT2D eigenvalue weighted by molar-refractivity contribution is -0.116. The highest BCUT2D eigenvalue weighted by molar-refractivity contribution is 6.31. The number of ether oxygens (including phenoxy) is 2. The number of benzene rings is 3. The minimum Gasteiger partial charge on any atom is -0.504 e. The standard InChI is InChI=1S/C30H28O6/c1-3-35-29-19-22(12-16-27(29)33)10-14-25(31)24(18-21-8-6-5-7-9-21)26(32)15-11-23-13-17-28(34)30(20-23)36-4-2/h5-20,33-34H,3-4H2,1-2H3/b14-10+,15-11+. The fourth-order valence-corrected chi connectivity index (χ4v) is 3.31. The zero-order chi connectivity index (χ0) is 25.9. The minimum absolute atomic E-state index is 0.00651. The first-order valence-corrected chi connectivity index (χ1v) is 11.5. The smallest absolute Gasteiger partial charge is 0.189 e. The maximum absolute atomic E-state index is 13.1. The van der Waals surface area contributed by atoms with Crippen LogP contribution in [0.2, 0.25) is 0 Å². The molecule has 0 spiro atoms. The second-order valence-corrected chi connectivity index (χ2v) is 7.68. The number of rotatable bonds is 11. The van der Waals surface area contributed by atoms with Crippen molar-refractivity contribution >= 4 is 29.8 Å². The molecule has 0 heterocycles. The fourth-order valence-electron chi connectivity index (χ4n) is 3.31. The summed E-state index contributed by atoms with van der Waals surface area (Å²) in [7, 11) is 0. The third kappa shape index (κ3) is 7.21. The van der Waals surface area contributed by atoms with E-state index in [0.717, 1.165) is 0 Å². The summed E-state index contributed by atoms with van der Waals surface area (Å²) in [6, 6.07) is 18.6. The molecule has 0 saturated carbocycles. The summed E-state index contributed by atoms with van der Waals surface area (Å²) >= 11 is 0. The number of hydrogen-bond donors (Lipinski definition) is 2. The molecule has 184 valence electrons. The Morgan fingerprint density at radius 3 is 1.61 bits per heavy atom. The van der Waals surface area contributed by atoms with Gasteiger partial charge in [0, 0.05) is 0 Å². The Morgan fingerprint density at radius 2 is 1.17 bits per heavy atom. The van der Waals surface area contributed by atoms with Gasteiger partial charge < -0.3 is 19.7 Å². The monoisotopic (exact) mass is 484 g/mol. The van der Waals surface area contributed by atoms with Gasteiger partial charge in [0.15, 0.2) is 34.6 Å². The van der Waals surface area contributed by atoms with Gasteiger partial charge in [-0.25, -0.2) is 0 Å². The molecule has 6 heteroatoms. The molecule has 0 aliphatic rings. The van der Waals surface area contributed by atoms with Gasteiger partial charge in [-0.2, -0.15) is 0 Å². The Morgan fingerprint density at radius 1 is 0.694 bits per heavy atom. The summed E-state index contributed by atoms with van der Waals surface area (Å²) in [5, 5.41) is 19.8. The van der Waals surface area contributed by atoms with Gasteiger partial charge in [0.25, 0.3) is 0 Å². The number of aromatic hydroxyl groups is 2. The van der Waals surface area contributed by atoms with E-state index in [1.165, 1.54) is 24.3 Å². The molecule has 0 aliphatic carbocycles. The van der Waals surface area contributed by atoms with Crippen molar-refractivity contribution in [2.75, 3.05) is 13.2 Å². The van der Waals surface area contributed by atoms with Crippen LogP contribution in [0.4, 0.5) is 0 Å². The van der Waals surface area contributed by atoms with Crippen LogP contribution < -0.4 is 9.47 Å². The van der Waals surface area contributed by atoms with Crippen molar-refractivity contribution in [2.24, 2.45) is 0 Å². The largest absolute Gasteiger partial charge is 0.504 e. The maximum Gasteiger partial charge on any atom is 0.189 e. The molecule has 0 atom stereocenters. The van der Waals surface area contributed by atoms with Crippen molar-refractivity contribution in [3.05, 3.63) is 101 Å². The number of phenolic OH excluding ortho intramolecular Hbond substituents is 2. The Labute approximate surface area is 210 Å². The van der Waals surface area contributed by atoms with Gasteiger partial charge in [-0.3, -0.25) is 9.59 Å². The van der Waals surface area contributed by atoms with Gasteiger partial charge in [-0.05, 0) is 73.0 Å². The quantitative estimate of drug-likeness (QED) is 0.202. The Bertz CT molecular complexity index is 1220. The molecule has 0 fully saturated rings. The zero-order valence-electron chi connectivity index (χ0n) is 20.2. The SMILES string of the molecule is CCOc1cc(/C=C/C(=O)C(=Cc2ccccc2)C(=O)/C=C/c2ccc(O)c(OCC)c2)ccc1O. The van der Waals surface area contributed by atoms with E-state index in [2.05, 4.69) is 0 Å². The lowest BCUT2D eigenvalue weighted by atomic mass is 10.0. The predicted octanol–water partition coefficient (Wildman–Crippen LogP) is 5.84. The van der Waals surface area contributed by atoms with Gasteiger partial charge in [0.1, 0.15) is 0 Å². The molecule has 2 N–H and O–H groups in total. The fraction of sp³-hybridized carbons (Fsp3) is 0.133. The van der Waals surface area contributed by atoms with Crippen LogP contribution in [0.1, 0.15) is 30.5 Å². The van der Waals surface area contributed by atoms with Crippen LogP contribution in [0.25, 0.3) is 18.2 Å². The molecule has 6 nitrogen and oxygen atoms in total. The normalized spacial score (nSPS) is 10.9. The van der Waals surface area contributed by atoms with E-state index in [9.17, 15) is 19.8 Å². The zero-order valence-corrected chi connectivity index (χ0v) is 20.2. The van der Waals surface area contributed by atoms with Crippen LogP contribution in [0.15, 0.2) is 84.5 Å². The molecule has 0 unspecified atom stereocenters. The van der Waals surface area contributed by atoms with Gasteiger partial charge in [-0.1, -0.05) is 54.6 Å². The molecule has 0 radical (unpaired) electrons. The molecule has 0 amide bonds. The molecule has 3 aromatic rings. The number of hydrogen-bond acceptors (Lipinski definition) is 6. The summed E-state index contributed by atoms with van der Waals surface area (Å²) < 4.78 is 10.8. The van der Waals surface area contributed by atoms with E-state index >= 15 is 0 Å². The van der Waals surface area contributed by atoms with E-state index in [1.54, 1.807) is 68.5 Å². The van der Waals surface area contributed by atoms with Gasteiger partial charge in [0.05, 0.1) is 18.8 Å². The van der Waals surface area contributed by atoms with E-state index in [1.807, 2.05) is 18.2 Å². The molecule has 0 aromatic heterocycles. The van der Waals surface area contributed by atoms with Crippen LogP contribution in [0.3, 0.4) is 0 Å². The van der Waals surface area contributed by atoms with E-state index < -0.39 is 11.6 Å². The van der Waals surface area contributed by atoms with Crippen molar-refractivity contribution in [2.45, 2.75) is 13.8 Å². The summed E-state index contributed by atoms with van der Waals surface area (Å²) in [6.45, 7) is 4.39. The second-order valence-electron chi connectivity index (χ2n) is 7.68. The highest BCUT2D eigenvalue weighted by Crippen LogP contribution is 2.28. The van der Waals surface area contributed by atoms with Crippen LogP contribution >= 0.6 is 0 Å². The topological polar surface area (TPSA) is 93.1 Å². The molecular formula is C30H28O6. The van der Waals surface area contributed by atoms with Crippen molar-refractivity contribution in [3.8, 4) is 23.0 Å². The summed E-state index contributed by atoms with van der Waals surface area (Å²) in [4.78, 5) is 26.2. The molecule has 3 aromatic carbocycles. The second kappa shape index (κ2) is 12.8. The van der Waals surface area contributed by atoms with Gasteiger partial charge in [-0.15, -0.1) is 0 Å². The highest BCUT2D eigenvalue weighted by Gasteiger charge is 2.14. The van der Waals surface area contributed by atoms with Gasteiger partial charge >= 0.3 is 0 Å². The molecule has 3 rings (SSSR count). The summed E-state index contributed by atoms with van der Waals surface area (Å²) in [6.07, 6.45) is 7.31. The molecular weight excluding hydrogens is 456 g/mol. The Kier molecular flexibility index (Phi) is 9.23. The highest BCUT2D eigenvalue weighted by atomic mass is 16.5. The van der Waals surface area contributed by atoms with Crippen LogP contribution in [-0.2, 0) is 9.59 Å². The number of phenols is 2. The predicted molar refractivity (Wildman–Crippen MR) is 141 cm³/mol. The van der Waals surface area contributed by atoms with Gasteiger partial charge in [0.2, 0.25) is 0 Å². The van der Waals surface area contributed by atoms with Crippen LogP contribution in [0, 0.1) is 0 Å². The Balaban J connectivity index is 1.88. The third-order valence-corrected chi connectivity index (χ3v) is 5.06. The lowest BCUT2D eigenvalue weighted by Gasteiger charge is -2.06. The summed E-state index contributed by atoms with van der Waals surface area (Å²) in [5.41, 5.74) is 1.97. The van der Waals surface area contributed by atoms with Crippen molar-refractivity contribution in [1.29, 1.82) is 0 Å². The molecule has 0 aliphatic heterocycles. The lowest BCUT2D eigenvalue weighted by Crippen LogP contribution is -2.08. The number of ketones is 2. The van der Waals surface area contributed by atoms with E-state index in [4.69, 9.17) is 9.47 Å². The van der Waals surface area contributed by atoms with Crippen LogP contribution in [0.5, 0.6) is 23.0 Å². The third-order valence-electron chi connectivity index (χ3n) is 5.06. The molecule has 0 saturated heterocycles. The van der Waals surface area contributed by atoms with E-state index in [0.29, 0.717) is 41.4 Å². The average Bonchev–Trinajstić information content (AvgIpc) is 2.88. The van der Waals surface area contributed by atoms with Crippen molar-refractivity contribution in [3.63, 3.8) is 0 Å². The van der Waals surface area contributed by atoms with Crippen LogP contribution in [-0.4, -0.2) is 35.0 Å². The molecule has 0 bridgehead atoms. The summed E-state index contributed by atoms with van der Waals surface area (Å²) in [5.74, 6) is -0.308. The first-order chi connectivity index (χ1) is 17.4. The first-order valence-electron chi connectivity index (χ1n) is 11.5. The van der Waals surface area contributed by atoms with E-state index in [-0.39, 0.29) is 17.1 Å². The maximum atomic E-state index is 13.1. The first kappa shape index (κ1) is 26.0. The number of allylic oxidation sites excluding steroid dienone is 3. The Hall–Kier alpha value is -4.58.